The van der Waals surface area contributed by atoms with Crippen LogP contribution in [0.2, 0.25) is 0 Å². The first-order chi connectivity index (χ1) is 13.7. The molecule has 7 heteroatoms. The van der Waals surface area contributed by atoms with Crippen LogP contribution < -0.4 is 10.2 Å². The number of carbonyl (C=O) groups is 1. The molecule has 1 saturated heterocycles. The monoisotopic (exact) mass is 376 g/mol. The minimum absolute atomic E-state index is 0.218. The zero-order valence-corrected chi connectivity index (χ0v) is 15.5. The van der Waals surface area contributed by atoms with E-state index < -0.39 is 0 Å². The van der Waals surface area contributed by atoms with Gasteiger partial charge in [-0.2, -0.15) is 5.26 Å². The highest BCUT2D eigenvalue weighted by molar-refractivity contribution is 6.07. The van der Waals surface area contributed by atoms with Crippen LogP contribution in [0.25, 0.3) is 5.88 Å². The van der Waals surface area contributed by atoms with Crippen LogP contribution in [0.5, 0.6) is 0 Å². The van der Waals surface area contributed by atoms with E-state index in [2.05, 4.69) is 16.3 Å². The molecule has 142 valence electrons. The third-order valence-electron chi connectivity index (χ3n) is 4.72. The van der Waals surface area contributed by atoms with Crippen molar-refractivity contribution in [2.75, 3.05) is 36.5 Å². The number of aromatic nitrogens is 1. The molecular formula is C21H20N4O3. The van der Waals surface area contributed by atoms with E-state index in [0.717, 1.165) is 18.8 Å². The van der Waals surface area contributed by atoms with Gasteiger partial charge in [0.15, 0.2) is 0 Å². The summed E-state index contributed by atoms with van der Waals surface area (Å²) in [4.78, 5) is 15.1. The second-order valence-corrected chi connectivity index (χ2v) is 6.52. The summed E-state index contributed by atoms with van der Waals surface area (Å²) in [6.45, 7) is 4.71. The number of amides is 1. The van der Waals surface area contributed by atoms with Gasteiger partial charge in [-0.1, -0.05) is 6.07 Å². The first-order valence-corrected chi connectivity index (χ1v) is 9.08. The van der Waals surface area contributed by atoms with Crippen LogP contribution in [0, 0.1) is 18.3 Å². The minimum atomic E-state index is -0.365. The van der Waals surface area contributed by atoms with Gasteiger partial charge in [-0.3, -0.25) is 9.36 Å². The van der Waals surface area contributed by atoms with Gasteiger partial charge in [-0.15, -0.1) is 0 Å². The van der Waals surface area contributed by atoms with Crippen molar-refractivity contribution in [3.05, 3.63) is 65.7 Å². The van der Waals surface area contributed by atoms with E-state index in [1.54, 1.807) is 23.9 Å². The number of hydrogen-bond acceptors (Lipinski definition) is 5. The third-order valence-corrected chi connectivity index (χ3v) is 4.72. The van der Waals surface area contributed by atoms with Crippen LogP contribution in [0.3, 0.4) is 0 Å². The van der Waals surface area contributed by atoms with Gasteiger partial charge in [0.1, 0.15) is 23.0 Å². The Bertz CT molecular complexity index is 1020. The largest absolute Gasteiger partial charge is 0.443 e. The number of furan rings is 1. The summed E-state index contributed by atoms with van der Waals surface area (Å²) in [6, 6.07) is 13.4. The Labute approximate surface area is 162 Å². The molecule has 3 heterocycles. The van der Waals surface area contributed by atoms with Crippen molar-refractivity contribution in [2.24, 2.45) is 0 Å². The van der Waals surface area contributed by atoms with Crippen LogP contribution in [0.4, 0.5) is 11.4 Å². The SMILES string of the molecule is Cc1oc(-n2cccc2)c(C#N)c1C(=O)Nc1cccc(N2CCOCC2)c1. The van der Waals surface area contributed by atoms with Crippen LogP contribution in [-0.4, -0.2) is 36.8 Å². The van der Waals surface area contributed by atoms with Crippen LogP contribution in [-0.2, 0) is 4.74 Å². The molecule has 1 aliphatic rings. The highest BCUT2D eigenvalue weighted by atomic mass is 16.5. The summed E-state index contributed by atoms with van der Waals surface area (Å²) in [5.74, 6) is 0.384. The summed E-state index contributed by atoms with van der Waals surface area (Å²) in [7, 11) is 0. The number of nitrogens with zero attached hydrogens (tertiary/aromatic N) is 3. The quantitative estimate of drug-likeness (QED) is 0.755. The molecule has 7 nitrogen and oxygen atoms in total. The fourth-order valence-corrected chi connectivity index (χ4v) is 3.35. The van der Waals surface area contributed by atoms with Gasteiger partial charge in [-0.25, -0.2) is 0 Å². The topological polar surface area (TPSA) is 83.4 Å². The molecule has 1 aromatic carbocycles. The van der Waals surface area contributed by atoms with Crippen LogP contribution >= 0.6 is 0 Å². The molecule has 0 saturated carbocycles. The molecule has 1 amide bonds. The van der Waals surface area contributed by atoms with E-state index in [9.17, 15) is 10.1 Å². The maximum Gasteiger partial charge on any atom is 0.260 e. The number of nitrogens with one attached hydrogen (secondary N) is 1. The van der Waals surface area contributed by atoms with Crippen molar-refractivity contribution in [2.45, 2.75) is 6.92 Å². The molecule has 0 unspecified atom stereocenters. The van der Waals surface area contributed by atoms with Gasteiger partial charge >= 0.3 is 0 Å². The standard InChI is InChI=1S/C21H20N4O3/c1-15-19(18(14-22)21(28-15)25-7-2-3-8-25)20(26)23-16-5-4-6-17(13-16)24-9-11-27-12-10-24/h2-8,13H,9-12H2,1H3,(H,23,26). The Hall–Kier alpha value is -3.50. The number of ether oxygens (including phenoxy) is 1. The van der Waals surface area contributed by atoms with Crippen molar-refractivity contribution < 1.29 is 13.9 Å². The number of morpholine rings is 1. The Balaban J connectivity index is 1.60. The van der Waals surface area contributed by atoms with E-state index in [4.69, 9.17) is 9.15 Å². The minimum Gasteiger partial charge on any atom is -0.443 e. The zero-order chi connectivity index (χ0) is 19.5. The number of rotatable bonds is 4. The van der Waals surface area contributed by atoms with Gasteiger partial charge in [0.2, 0.25) is 5.88 Å². The average Bonchev–Trinajstić information content (AvgIpc) is 3.36. The van der Waals surface area contributed by atoms with E-state index in [-0.39, 0.29) is 17.0 Å². The fourth-order valence-electron chi connectivity index (χ4n) is 3.35. The van der Waals surface area contributed by atoms with Crippen molar-refractivity contribution in [3.63, 3.8) is 0 Å². The number of benzene rings is 1. The van der Waals surface area contributed by atoms with Crippen molar-refractivity contribution in [1.82, 2.24) is 4.57 Å². The normalized spacial score (nSPS) is 13.9. The fraction of sp³-hybridized carbons (Fsp3) is 0.238. The van der Waals surface area contributed by atoms with Crippen LogP contribution in [0.15, 0.2) is 53.2 Å². The predicted octanol–water partition coefficient (Wildman–Crippen LogP) is 3.34. The summed E-state index contributed by atoms with van der Waals surface area (Å²) in [5, 5.41) is 12.5. The predicted molar refractivity (Wildman–Crippen MR) is 105 cm³/mol. The van der Waals surface area contributed by atoms with E-state index in [1.807, 2.05) is 36.4 Å². The first kappa shape index (κ1) is 17.9. The second-order valence-electron chi connectivity index (χ2n) is 6.52. The molecule has 0 spiro atoms. The van der Waals surface area contributed by atoms with Gasteiger partial charge in [0.25, 0.3) is 5.91 Å². The molecule has 1 fully saturated rings. The molecule has 3 aromatic rings. The highest BCUT2D eigenvalue weighted by Crippen LogP contribution is 2.27. The number of nitriles is 1. The molecule has 0 radical (unpaired) electrons. The number of carbonyl (C=O) groups excluding carboxylic acids is 1. The Morgan fingerprint density at radius 1 is 1.18 bits per heavy atom. The maximum absolute atomic E-state index is 12.9. The lowest BCUT2D eigenvalue weighted by Gasteiger charge is -2.29. The molecule has 4 rings (SSSR count). The first-order valence-electron chi connectivity index (χ1n) is 9.08. The van der Waals surface area contributed by atoms with Crippen LogP contribution in [0.1, 0.15) is 21.7 Å². The van der Waals surface area contributed by atoms with E-state index in [0.29, 0.717) is 30.5 Å². The van der Waals surface area contributed by atoms with Gasteiger partial charge in [0, 0.05) is 36.9 Å². The average molecular weight is 376 g/mol. The Morgan fingerprint density at radius 3 is 2.64 bits per heavy atom. The second kappa shape index (κ2) is 7.62. The molecule has 0 atom stereocenters. The molecule has 28 heavy (non-hydrogen) atoms. The summed E-state index contributed by atoms with van der Waals surface area (Å²) in [6.07, 6.45) is 3.54. The number of aryl methyl sites for hydroxylation is 1. The molecular weight excluding hydrogens is 356 g/mol. The van der Waals surface area contributed by atoms with Gasteiger partial charge < -0.3 is 19.4 Å². The lowest BCUT2D eigenvalue weighted by atomic mass is 10.1. The molecule has 0 aliphatic carbocycles. The van der Waals surface area contributed by atoms with Crippen molar-refractivity contribution in [3.8, 4) is 12.0 Å². The number of anilines is 2. The van der Waals surface area contributed by atoms with E-state index in [1.165, 1.54) is 0 Å². The highest BCUT2D eigenvalue weighted by Gasteiger charge is 2.24. The summed E-state index contributed by atoms with van der Waals surface area (Å²) >= 11 is 0. The maximum atomic E-state index is 12.9. The molecule has 0 bridgehead atoms. The van der Waals surface area contributed by atoms with Crippen molar-refractivity contribution in [1.29, 1.82) is 5.26 Å². The summed E-state index contributed by atoms with van der Waals surface area (Å²) in [5.41, 5.74) is 2.16. The molecule has 2 aromatic heterocycles. The van der Waals surface area contributed by atoms with Gasteiger partial charge in [0.05, 0.1) is 13.2 Å². The third kappa shape index (κ3) is 3.38. The Kier molecular flexibility index (Phi) is 4.87. The smallest absolute Gasteiger partial charge is 0.260 e. The molecule has 1 aliphatic heterocycles. The van der Waals surface area contributed by atoms with Crippen molar-refractivity contribution >= 4 is 17.3 Å². The lowest BCUT2D eigenvalue weighted by molar-refractivity contribution is 0.102. The molecule has 1 N–H and O–H groups in total. The van der Waals surface area contributed by atoms with E-state index >= 15 is 0 Å². The zero-order valence-electron chi connectivity index (χ0n) is 15.5. The lowest BCUT2D eigenvalue weighted by Crippen LogP contribution is -2.36. The van der Waals surface area contributed by atoms with Gasteiger partial charge in [-0.05, 0) is 37.3 Å². The number of hydrogen-bond donors (Lipinski definition) is 1. The Morgan fingerprint density at radius 2 is 1.93 bits per heavy atom. The summed E-state index contributed by atoms with van der Waals surface area (Å²) < 4.78 is 12.8.